The van der Waals surface area contributed by atoms with Crippen LogP contribution in [0.4, 0.5) is 0 Å². The van der Waals surface area contributed by atoms with E-state index < -0.39 is 0 Å². The van der Waals surface area contributed by atoms with E-state index in [-0.39, 0.29) is 6.61 Å². The molecule has 1 aromatic heterocycles. The van der Waals surface area contributed by atoms with Crippen molar-refractivity contribution in [3.05, 3.63) is 41.7 Å². The molecular formula is C12H13NO. The van der Waals surface area contributed by atoms with E-state index in [2.05, 4.69) is 24.0 Å². The summed E-state index contributed by atoms with van der Waals surface area (Å²) in [6.45, 7) is 2.14. The maximum atomic E-state index is 9.10. The Labute approximate surface area is 83.2 Å². The van der Waals surface area contributed by atoms with Gasteiger partial charge in [-0.1, -0.05) is 25.1 Å². The second-order valence-corrected chi connectivity index (χ2v) is 3.32. The molecule has 2 rings (SSSR count). The van der Waals surface area contributed by atoms with E-state index in [1.165, 1.54) is 5.56 Å². The van der Waals surface area contributed by atoms with Gasteiger partial charge >= 0.3 is 0 Å². The largest absolute Gasteiger partial charge is 0.390 e. The fourth-order valence-electron chi connectivity index (χ4n) is 1.64. The van der Waals surface area contributed by atoms with E-state index in [4.69, 9.17) is 5.11 Å². The lowest BCUT2D eigenvalue weighted by Crippen LogP contribution is -1.91. The summed E-state index contributed by atoms with van der Waals surface area (Å²) in [6.07, 6.45) is 2.78. The molecule has 1 heterocycles. The van der Waals surface area contributed by atoms with Gasteiger partial charge in [-0.25, -0.2) is 0 Å². The molecule has 0 saturated heterocycles. The third kappa shape index (κ3) is 1.49. The summed E-state index contributed by atoms with van der Waals surface area (Å²) >= 11 is 0. The molecule has 14 heavy (non-hydrogen) atoms. The highest BCUT2D eigenvalue weighted by Crippen LogP contribution is 2.18. The van der Waals surface area contributed by atoms with Crippen LogP contribution in [0, 0.1) is 0 Å². The lowest BCUT2D eigenvalue weighted by atomic mass is 10.1. The van der Waals surface area contributed by atoms with Crippen molar-refractivity contribution >= 4 is 10.8 Å². The van der Waals surface area contributed by atoms with Crippen molar-refractivity contribution in [2.45, 2.75) is 20.0 Å². The van der Waals surface area contributed by atoms with Gasteiger partial charge in [-0.05, 0) is 23.4 Å². The van der Waals surface area contributed by atoms with Crippen LogP contribution < -0.4 is 0 Å². The van der Waals surface area contributed by atoms with Crippen molar-refractivity contribution in [2.24, 2.45) is 0 Å². The van der Waals surface area contributed by atoms with E-state index in [0.717, 1.165) is 22.9 Å². The number of fused-ring (bicyclic) bond motifs is 1. The van der Waals surface area contributed by atoms with Gasteiger partial charge in [0.25, 0.3) is 0 Å². The third-order valence-electron chi connectivity index (χ3n) is 2.47. The Morgan fingerprint density at radius 3 is 2.86 bits per heavy atom. The maximum Gasteiger partial charge on any atom is 0.0859 e. The van der Waals surface area contributed by atoms with Crippen molar-refractivity contribution < 1.29 is 5.11 Å². The molecule has 0 unspecified atom stereocenters. The number of aliphatic hydroxyl groups excluding tert-OH is 1. The van der Waals surface area contributed by atoms with Gasteiger partial charge < -0.3 is 5.11 Å². The average Bonchev–Trinajstić information content (AvgIpc) is 2.27. The molecule has 1 aromatic carbocycles. The van der Waals surface area contributed by atoms with Crippen molar-refractivity contribution in [1.82, 2.24) is 4.98 Å². The topological polar surface area (TPSA) is 33.1 Å². The second-order valence-electron chi connectivity index (χ2n) is 3.32. The zero-order valence-corrected chi connectivity index (χ0v) is 8.20. The summed E-state index contributed by atoms with van der Waals surface area (Å²) in [5.74, 6) is 0. The van der Waals surface area contributed by atoms with E-state index in [1.807, 2.05) is 12.1 Å². The minimum Gasteiger partial charge on any atom is -0.390 e. The van der Waals surface area contributed by atoms with E-state index in [0.29, 0.717) is 0 Å². The number of hydrogen-bond donors (Lipinski definition) is 1. The molecule has 0 aliphatic heterocycles. The van der Waals surface area contributed by atoms with E-state index in [9.17, 15) is 0 Å². The molecule has 0 amide bonds. The monoisotopic (exact) mass is 187 g/mol. The van der Waals surface area contributed by atoms with Gasteiger partial charge in [0.15, 0.2) is 0 Å². The first-order valence-electron chi connectivity index (χ1n) is 4.82. The number of hydrogen-bond acceptors (Lipinski definition) is 2. The predicted octanol–water partition coefficient (Wildman–Crippen LogP) is 2.29. The Morgan fingerprint density at radius 1 is 1.29 bits per heavy atom. The highest BCUT2D eigenvalue weighted by Gasteiger charge is 2.00. The standard InChI is InChI=1S/C12H13NO/c1-2-9-3-4-11-10(7-9)5-6-13-12(11)8-14/h3-7,14H,2,8H2,1H3. The molecule has 0 aliphatic rings. The molecule has 2 nitrogen and oxygen atoms in total. The van der Waals surface area contributed by atoms with Crippen molar-refractivity contribution in [1.29, 1.82) is 0 Å². The maximum absolute atomic E-state index is 9.10. The summed E-state index contributed by atoms with van der Waals surface area (Å²) in [7, 11) is 0. The first-order valence-corrected chi connectivity index (χ1v) is 4.82. The number of aryl methyl sites for hydroxylation is 1. The molecule has 0 bridgehead atoms. The molecule has 72 valence electrons. The molecule has 2 heteroatoms. The van der Waals surface area contributed by atoms with Crippen LogP contribution in [0.5, 0.6) is 0 Å². The number of aromatic nitrogens is 1. The summed E-state index contributed by atoms with van der Waals surface area (Å²) in [6, 6.07) is 8.25. The van der Waals surface area contributed by atoms with Gasteiger partial charge in [0, 0.05) is 11.6 Å². The molecule has 0 spiro atoms. The fourth-order valence-corrected chi connectivity index (χ4v) is 1.64. The van der Waals surface area contributed by atoms with Gasteiger partial charge in [-0.3, -0.25) is 4.98 Å². The molecule has 2 aromatic rings. The van der Waals surface area contributed by atoms with Crippen LogP contribution in [0.2, 0.25) is 0 Å². The molecule has 1 N–H and O–H groups in total. The van der Waals surface area contributed by atoms with Crippen LogP contribution in [0.15, 0.2) is 30.5 Å². The van der Waals surface area contributed by atoms with Crippen LogP contribution in [-0.2, 0) is 13.0 Å². The SMILES string of the molecule is CCc1ccc2c(CO)nccc2c1. The fraction of sp³-hybridized carbons (Fsp3) is 0.250. The van der Waals surface area contributed by atoms with Crippen LogP contribution >= 0.6 is 0 Å². The number of benzene rings is 1. The van der Waals surface area contributed by atoms with Gasteiger partial charge in [-0.2, -0.15) is 0 Å². The van der Waals surface area contributed by atoms with Crippen molar-refractivity contribution in [3.8, 4) is 0 Å². The first-order chi connectivity index (χ1) is 6.85. The van der Waals surface area contributed by atoms with Crippen LogP contribution in [0.25, 0.3) is 10.8 Å². The second kappa shape index (κ2) is 3.76. The number of pyridine rings is 1. The van der Waals surface area contributed by atoms with Crippen molar-refractivity contribution in [2.75, 3.05) is 0 Å². The number of nitrogens with zero attached hydrogens (tertiary/aromatic N) is 1. The summed E-state index contributed by atoms with van der Waals surface area (Å²) in [5, 5.41) is 11.3. The normalized spacial score (nSPS) is 10.7. The van der Waals surface area contributed by atoms with Crippen LogP contribution in [0.1, 0.15) is 18.2 Å². The van der Waals surface area contributed by atoms with Gasteiger partial charge in [0.2, 0.25) is 0 Å². The minimum absolute atomic E-state index is 0.00279. The minimum atomic E-state index is 0.00279. The van der Waals surface area contributed by atoms with Crippen molar-refractivity contribution in [3.63, 3.8) is 0 Å². The molecule has 0 aliphatic carbocycles. The van der Waals surface area contributed by atoms with E-state index in [1.54, 1.807) is 6.20 Å². The zero-order chi connectivity index (χ0) is 9.97. The first kappa shape index (κ1) is 9.16. The number of rotatable bonds is 2. The Kier molecular flexibility index (Phi) is 2.46. The molecule has 0 radical (unpaired) electrons. The zero-order valence-electron chi connectivity index (χ0n) is 8.20. The highest BCUT2D eigenvalue weighted by molar-refractivity contribution is 5.84. The summed E-state index contributed by atoms with van der Waals surface area (Å²) < 4.78 is 0. The molecular weight excluding hydrogens is 174 g/mol. The smallest absolute Gasteiger partial charge is 0.0859 e. The average molecular weight is 187 g/mol. The Hall–Kier alpha value is -1.41. The Morgan fingerprint density at radius 2 is 2.14 bits per heavy atom. The third-order valence-corrected chi connectivity index (χ3v) is 2.47. The Balaban J connectivity index is 2.67. The van der Waals surface area contributed by atoms with Crippen LogP contribution in [-0.4, -0.2) is 10.1 Å². The summed E-state index contributed by atoms with van der Waals surface area (Å²) in [4.78, 5) is 4.13. The van der Waals surface area contributed by atoms with Gasteiger partial charge in [0.1, 0.15) is 0 Å². The highest BCUT2D eigenvalue weighted by atomic mass is 16.3. The molecule has 0 atom stereocenters. The van der Waals surface area contributed by atoms with E-state index >= 15 is 0 Å². The quantitative estimate of drug-likeness (QED) is 0.782. The summed E-state index contributed by atoms with van der Waals surface area (Å²) in [5.41, 5.74) is 2.07. The molecule has 0 fully saturated rings. The van der Waals surface area contributed by atoms with Crippen LogP contribution in [0.3, 0.4) is 0 Å². The lowest BCUT2D eigenvalue weighted by molar-refractivity contribution is 0.278. The lowest BCUT2D eigenvalue weighted by Gasteiger charge is -2.04. The van der Waals surface area contributed by atoms with Gasteiger partial charge in [-0.15, -0.1) is 0 Å². The molecule has 0 saturated carbocycles. The predicted molar refractivity (Wildman–Crippen MR) is 57.0 cm³/mol. The van der Waals surface area contributed by atoms with Gasteiger partial charge in [0.05, 0.1) is 12.3 Å². The Bertz CT molecular complexity index is 451. The number of aliphatic hydroxyl groups is 1.